The van der Waals surface area contributed by atoms with E-state index in [1.165, 1.54) is 17.7 Å². The molecule has 7 heteroatoms. The van der Waals surface area contributed by atoms with E-state index in [0.717, 1.165) is 29.6 Å². The average Bonchev–Trinajstić information content (AvgIpc) is 3.04. The zero-order chi connectivity index (χ0) is 20.8. The van der Waals surface area contributed by atoms with E-state index in [1.807, 2.05) is 18.2 Å². The van der Waals surface area contributed by atoms with Crippen LogP contribution < -0.4 is 4.90 Å². The molecule has 4 rings (SSSR count). The molecule has 0 saturated carbocycles. The van der Waals surface area contributed by atoms with Gasteiger partial charge in [-0.25, -0.2) is 9.37 Å². The van der Waals surface area contributed by atoms with E-state index in [9.17, 15) is 9.18 Å². The van der Waals surface area contributed by atoms with Crippen molar-refractivity contribution in [2.45, 2.75) is 17.2 Å². The zero-order valence-corrected chi connectivity index (χ0v) is 17.4. The quantitative estimate of drug-likeness (QED) is 0.575. The second-order valence-electron chi connectivity index (χ2n) is 7.13. The summed E-state index contributed by atoms with van der Waals surface area (Å²) in [6, 6.07) is 16.2. The Kier molecular flexibility index (Phi) is 6.59. The topological polar surface area (TPSA) is 49.3 Å². The van der Waals surface area contributed by atoms with E-state index in [1.54, 1.807) is 41.2 Å². The van der Waals surface area contributed by atoms with Gasteiger partial charge in [-0.15, -0.1) is 11.8 Å². The van der Waals surface area contributed by atoms with Gasteiger partial charge in [0, 0.05) is 37.5 Å². The van der Waals surface area contributed by atoms with Gasteiger partial charge >= 0.3 is 0 Å². The van der Waals surface area contributed by atoms with Crippen molar-refractivity contribution in [1.82, 2.24) is 14.9 Å². The molecule has 3 aromatic rings. The molecule has 1 aliphatic heterocycles. The van der Waals surface area contributed by atoms with Crippen molar-refractivity contribution in [2.24, 2.45) is 0 Å². The predicted octanol–water partition coefficient (Wildman–Crippen LogP) is 4.26. The molecule has 0 bridgehead atoms. The SMILES string of the molecule is O=C(c1cccc(F)c1)N1CCCN(c2cncc(SCc3ccccc3)n2)CC1. The number of hydrogen-bond acceptors (Lipinski definition) is 5. The highest BCUT2D eigenvalue weighted by Gasteiger charge is 2.21. The fourth-order valence-corrected chi connectivity index (χ4v) is 4.25. The highest BCUT2D eigenvalue weighted by atomic mass is 32.2. The standard InChI is InChI=1S/C23H23FN4OS/c24-20-9-4-8-19(14-20)23(29)28-11-5-10-27(12-13-28)21-15-25-16-22(26-21)30-17-18-6-2-1-3-7-18/h1-4,6-9,14-16H,5,10-13,17H2. The maximum Gasteiger partial charge on any atom is 0.254 e. The molecule has 2 aromatic carbocycles. The first-order valence-electron chi connectivity index (χ1n) is 9.97. The summed E-state index contributed by atoms with van der Waals surface area (Å²) >= 11 is 1.66. The second kappa shape index (κ2) is 9.71. The molecule has 1 aliphatic rings. The molecule has 2 heterocycles. The Labute approximate surface area is 180 Å². The number of rotatable bonds is 5. The largest absolute Gasteiger partial charge is 0.353 e. The number of carbonyl (C=O) groups excluding carboxylic acids is 1. The minimum Gasteiger partial charge on any atom is -0.353 e. The number of aromatic nitrogens is 2. The molecular weight excluding hydrogens is 399 g/mol. The molecule has 0 radical (unpaired) electrons. The summed E-state index contributed by atoms with van der Waals surface area (Å²) in [6.45, 7) is 2.68. The Hall–Kier alpha value is -2.93. The van der Waals surface area contributed by atoms with Crippen molar-refractivity contribution in [2.75, 3.05) is 31.1 Å². The van der Waals surface area contributed by atoms with Crippen molar-refractivity contribution in [3.63, 3.8) is 0 Å². The second-order valence-corrected chi connectivity index (χ2v) is 8.13. The van der Waals surface area contributed by atoms with E-state index in [4.69, 9.17) is 4.98 Å². The fraction of sp³-hybridized carbons (Fsp3) is 0.261. The van der Waals surface area contributed by atoms with Crippen LogP contribution in [0.25, 0.3) is 0 Å². The van der Waals surface area contributed by atoms with Crippen LogP contribution in [-0.2, 0) is 5.75 Å². The van der Waals surface area contributed by atoms with Gasteiger partial charge in [-0.2, -0.15) is 0 Å². The van der Waals surface area contributed by atoms with Crippen LogP contribution in [0, 0.1) is 5.82 Å². The molecule has 1 saturated heterocycles. The molecule has 0 atom stereocenters. The average molecular weight is 423 g/mol. The first-order chi connectivity index (χ1) is 14.7. The lowest BCUT2D eigenvalue weighted by atomic mass is 10.2. The Bertz CT molecular complexity index is 1000. The molecule has 0 spiro atoms. The summed E-state index contributed by atoms with van der Waals surface area (Å²) < 4.78 is 13.5. The number of halogens is 1. The van der Waals surface area contributed by atoms with Gasteiger partial charge in [-0.1, -0.05) is 36.4 Å². The van der Waals surface area contributed by atoms with Gasteiger partial charge in [-0.3, -0.25) is 9.78 Å². The molecule has 30 heavy (non-hydrogen) atoms. The van der Waals surface area contributed by atoms with Gasteiger partial charge in [0.1, 0.15) is 16.7 Å². The maximum atomic E-state index is 13.5. The van der Waals surface area contributed by atoms with Crippen LogP contribution in [-0.4, -0.2) is 47.0 Å². The van der Waals surface area contributed by atoms with Crippen molar-refractivity contribution in [1.29, 1.82) is 0 Å². The Morgan fingerprint density at radius 2 is 1.87 bits per heavy atom. The molecule has 5 nitrogen and oxygen atoms in total. The summed E-state index contributed by atoms with van der Waals surface area (Å²) in [5, 5.41) is 0.883. The predicted molar refractivity (Wildman–Crippen MR) is 117 cm³/mol. The zero-order valence-electron chi connectivity index (χ0n) is 16.6. The van der Waals surface area contributed by atoms with Crippen LogP contribution in [0.1, 0.15) is 22.3 Å². The van der Waals surface area contributed by atoms with Gasteiger partial charge in [0.25, 0.3) is 5.91 Å². The summed E-state index contributed by atoms with van der Waals surface area (Å²) in [5.74, 6) is 1.15. The monoisotopic (exact) mass is 422 g/mol. The first kappa shape index (κ1) is 20.3. The van der Waals surface area contributed by atoms with E-state index >= 15 is 0 Å². The van der Waals surface area contributed by atoms with Gasteiger partial charge in [-0.05, 0) is 30.2 Å². The number of hydrogen-bond donors (Lipinski definition) is 0. The summed E-state index contributed by atoms with van der Waals surface area (Å²) in [5.41, 5.74) is 1.64. The lowest BCUT2D eigenvalue weighted by Crippen LogP contribution is -2.35. The van der Waals surface area contributed by atoms with Crippen LogP contribution >= 0.6 is 11.8 Å². The molecule has 0 N–H and O–H groups in total. The first-order valence-corrected chi connectivity index (χ1v) is 11.0. The Balaban J connectivity index is 1.39. The summed E-state index contributed by atoms with van der Waals surface area (Å²) in [4.78, 5) is 25.8. The van der Waals surface area contributed by atoms with Crippen LogP contribution in [0.3, 0.4) is 0 Å². The van der Waals surface area contributed by atoms with Crippen molar-refractivity contribution in [3.8, 4) is 0 Å². The normalized spacial score (nSPS) is 14.4. The number of carbonyl (C=O) groups is 1. The fourth-order valence-electron chi connectivity index (χ4n) is 3.45. The van der Waals surface area contributed by atoms with E-state index < -0.39 is 5.82 Å². The number of nitrogens with zero attached hydrogens (tertiary/aromatic N) is 4. The highest BCUT2D eigenvalue weighted by molar-refractivity contribution is 7.98. The lowest BCUT2D eigenvalue weighted by Gasteiger charge is -2.23. The number of anilines is 1. The molecule has 1 fully saturated rings. The van der Waals surface area contributed by atoms with Crippen LogP contribution in [0.2, 0.25) is 0 Å². The third-order valence-electron chi connectivity index (χ3n) is 5.01. The molecule has 1 aromatic heterocycles. The van der Waals surface area contributed by atoms with Gasteiger partial charge < -0.3 is 9.80 Å². The maximum absolute atomic E-state index is 13.5. The number of thioether (sulfide) groups is 1. The Morgan fingerprint density at radius 1 is 1.00 bits per heavy atom. The summed E-state index contributed by atoms with van der Waals surface area (Å²) in [6.07, 6.45) is 4.38. The highest BCUT2D eigenvalue weighted by Crippen LogP contribution is 2.23. The van der Waals surface area contributed by atoms with Crippen molar-refractivity contribution >= 4 is 23.5 Å². The summed E-state index contributed by atoms with van der Waals surface area (Å²) in [7, 11) is 0. The van der Waals surface area contributed by atoms with Crippen molar-refractivity contribution in [3.05, 3.63) is 83.9 Å². The smallest absolute Gasteiger partial charge is 0.254 e. The third-order valence-corrected chi connectivity index (χ3v) is 5.98. The molecule has 154 valence electrons. The molecular formula is C23H23FN4OS. The van der Waals surface area contributed by atoms with Gasteiger partial charge in [0.05, 0.1) is 12.4 Å². The molecule has 0 aliphatic carbocycles. The number of benzene rings is 2. The third kappa shape index (κ3) is 5.16. The van der Waals surface area contributed by atoms with Crippen LogP contribution in [0.5, 0.6) is 0 Å². The molecule has 0 unspecified atom stereocenters. The van der Waals surface area contributed by atoms with E-state index in [-0.39, 0.29) is 5.91 Å². The van der Waals surface area contributed by atoms with Crippen LogP contribution in [0.15, 0.2) is 72.0 Å². The van der Waals surface area contributed by atoms with Crippen LogP contribution in [0.4, 0.5) is 10.2 Å². The Morgan fingerprint density at radius 3 is 2.70 bits per heavy atom. The molecule has 1 amide bonds. The van der Waals surface area contributed by atoms with Gasteiger partial charge in [0.2, 0.25) is 0 Å². The van der Waals surface area contributed by atoms with E-state index in [0.29, 0.717) is 25.2 Å². The minimum absolute atomic E-state index is 0.130. The van der Waals surface area contributed by atoms with Crippen molar-refractivity contribution < 1.29 is 9.18 Å². The minimum atomic E-state index is -0.391. The lowest BCUT2D eigenvalue weighted by molar-refractivity contribution is 0.0766. The van der Waals surface area contributed by atoms with Gasteiger partial charge in [0.15, 0.2) is 0 Å². The van der Waals surface area contributed by atoms with E-state index in [2.05, 4.69) is 22.0 Å². The number of amides is 1.